The molecule has 0 atom stereocenters. The van der Waals surface area contributed by atoms with E-state index in [-0.39, 0.29) is 6.55 Å². The average molecular weight is 2110 g/mol. The molecule has 0 saturated heterocycles. The van der Waals surface area contributed by atoms with Crippen LogP contribution in [0.2, 0.25) is 6.55 Å². The van der Waals surface area contributed by atoms with E-state index < -0.39 is 261 Å². The van der Waals surface area contributed by atoms with Crippen molar-refractivity contribution in [3.8, 4) is 0 Å². The fraction of sp³-hybridized carbons (Fsp3) is 0.512. The Labute approximate surface area is 635 Å². The normalized spacial score (nSPS) is 14.6. The molecule has 0 aliphatic rings. The molecule has 0 saturated carbocycles. The first kappa shape index (κ1) is 117. The minimum Gasteiger partial charge on any atom is -0.208 e. The van der Waals surface area contributed by atoms with Gasteiger partial charge in [0.05, 0.1) is 15.9 Å². The van der Waals surface area contributed by atoms with E-state index in [1.807, 2.05) is 0 Å². The molecule has 0 amide bonds. The largest absolute Gasteiger partial charge is 0.460 e. The van der Waals surface area contributed by atoms with Crippen molar-refractivity contribution >= 4 is 132 Å². The van der Waals surface area contributed by atoms with Gasteiger partial charge in [-0.25, -0.2) is 83.4 Å². The summed E-state index contributed by atoms with van der Waals surface area (Å²) in [5, 5.41) is -4.45. The Morgan fingerprint density at radius 3 is 0.650 bits per heavy atom. The molecule has 0 spiro atoms. The topological polar surface area (TPSA) is 0 Å². The van der Waals surface area contributed by atoms with Crippen molar-refractivity contribution in [1.82, 2.24) is 0 Å². The lowest BCUT2D eigenvalue weighted by Gasteiger charge is -2.43. The second-order valence-electron chi connectivity index (χ2n) is 19.9. The van der Waals surface area contributed by atoms with Crippen molar-refractivity contribution < 1.29 is 281 Å². The molecule has 0 N–H and O–H groups in total. The molecule has 2 aromatic carbocycles. The predicted octanol–water partition coefficient (Wildman–Crippen LogP) is 27.9. The van der Waals surface area contributed by atoms with Crippen molar-refractivity contribution in [2.75, 3.05) is 0 Å². The van der Waals surface area contributed by atoms with E-state index in [1.165, 1.54) is 0 Å². The quantitative estimate of drug-likeness (QED) is 0.0362. The van der Waals surface area contributed by atoms with Gasteiger partial charge in [-0.1, -0.05) is 0 Å². The average Bonchev–Trinajstić information content (AvgIpc) is 0.692. The molecule has 688 valence electrons. The summed E-state index contributed by atoms with van der Waals surface area (Å²) in [7, 11) is 0. The van der Waals surface area contributed by atoms with Gasteiger partial charge < -0.3 is 0 Å². The van der Waals surface area contributed by atoms with E-state index in [2.05, 4.69) is 44.3 Å². The molecule has 0 fully saturated rings. The predicted molar refractivity (Wildman–Crippen MR) is 272 cm³/mol. The van der Waals surface area contributed by atoms with Crippen LogP contribution in [0, 0.1) is 52.4 Å². The highest BCUT2D eigenvalue weighted by atomic mass is 35.7. The lowest BCUT2D eigenvalue weighted by Crippen LogP contribution is -2.76. The standard InChI is InChI=1S/C14Cl2F12Si.C10Cl2F20Si.C7H3Cl2F13Si.C6HF13.C4Cl2F6Si/c15-29(16,13-10(25)6(21)5(20)7(22)11(13)26)12-8(23)2(17)1(3(18)9(12)24)4(19)14(27)28;11-33(12,2(15)1(13)14)10(31,32)8(26,27)6(22,23)4(18,19)3(16,17)5(20,21)7(24,25)9(28,29)30;1-23(8,9)7(21,22)5(16,17)3(12,13)2(10,11)4(14,15)6(18,19)20;7-1(8)2(9,10)3(11,12)4(13,14)5(15,16)6(17,18)19;5-13(6,3(11)1(7)8)4(12)2(9)10/h;;1H3;1H;. The van der Waals surface area contributed by atoms with Crippen molar-refractivity contribution in [1.29, 1.82) is 0 Å². The van der Waals surface area contributed by atoms with Crippen LogP contribution in [0.1, 0.15) is 5.56 Å². The highest BCUT2D eigenvalue weighted by Crippen LogP contribution is 2.67. The Kier molecular flexibility index (Phi) is 35.7. The number of halogens is 72. The second-order valence-corrected chi connectivity index (χ2v) is 45.8. The zero-order chi connectivity index (χ0) is 96.6. The molecule has 0 aliphatic heterocycles. The summed E-state index contributed by atoms with van der Waals surface area (Å²) in [4.78, 5) is 0. The zero-order valence-corrected chi connectivity index (χ0v) is 60.3. The molecular weight excluding hydrogens is 2100 g/mol. The minimum absolute atomic E-state index is 0.153. The van der Waals surface area contributed by atoms with Gasteiger partial charge in [0, 0.05) is 0 Å². The molecule has 0 nitrogen and oxygen atoms in total. The van der Waals surface area contributed by atoms with E-state index >= 15 is 0 Å². The number of rotatable bonds is 22. The van der Waals surface area contributed by atoms with Crippen LogP contribution < -0.4 is 10.4 Å². The van der Waals surface area contributed by atoms with Gasteiger partial charge in [0.2, 0.25) is 11.6 Å². The van der Waals surface area contributed by atoms with Gasteiger partial charge in [0.25, 0.3) is 18.2 Å². The van der Waals surface area contributed by atoms with E-state index in [4.69, 9.17) is 44.3 Å². The second kappa shape index (κ2) is 35.6. The maximum absolute atomic E-state index is 14.2. The SMILES string of the molecule is C[Si](Cl)(Cl)C(F)(F)C(F)(F)C(F)(F)C(F)(F)C(F)(F)C(F)(F)F.FC(F)=C(F)[Si](Cl)(Cl)C(F)(F)C(F)(F)C(F)(F)C(F)(F)C(F)(F)C(F)(F)C(F)(F)C(F)(F)F.FC(F)=C(F)[Si](Cl)(Cl)C(F)=C(F)F.FC(F)=C(F)c1c(F)c(F)c([Si](Cl)(Cl)c2c(F)c(F)c(F)c(F)c2F)c(F)c1F.FC(F)C(F)(F)C(F)(F)C(F)(F)C(F)(F)C(F)(F)F. The Balaban J connectivity index is -0.00000143. The number of hydrogen-bond donors (Lipinski definition) is 0. The van der Waals surface area contributed by atoms with Crippen LogP contribution >= 0.6 is 88.6 Å². The van der Waals surface area contributed by atoms with Gasteiger partial charge in [-0.05, 0) is 6.55 Å². The zero-order valence-electron chi connectivity index (χ0n) is 50.3. The van der Waals surface area contributed by atoms with E-state index in [0.717, 1.165) is 0 Å². The molecule has 0 aromatic heterocycles. The molecule has 0 heterocycles. The van der Waals surface area contributed by atoms with Crippen molar-refractivity contribution in [3.05, 3.63) is 98.6 Å². The molecular formula is C41H4Cl8F64Si4. The summed E-state index contributed by atoms with van der Waals surface area (Å²) in [5.41, 5.74) is -25.7. The van der Waals surface area contributed by atoms with Gasteiger partial charge in [-0.2, -0.15) is 198 Å². The Morgan fingerprint density at radius 2 is 0.444 bits per heavy atom. The maximum atomic E-state index is 14.2. The van der Waals surface area contributed by atoms with E-state index in [1.54, 1.807) is 0 Å². The first-order valence-corrected chi connectivity index (χ1v) is 41.0. The molecule has 2 rings (SSSR count). The Bertz CT molecular complexity index is 3860. The van der Waals surface area contributed by atoms with Gasteiger partial charge >= 0.3 is 152 Å². The van der Waals surface area contributed by atoms with E-state index in [9.17, 15) is 281 Å². The molecule has 117 heavy (non-hydrogen) atoms. The summed E-state index contributed by atoms with van der Waals surface area (Å²) in [5.74, 6) is -141. The third-order valence-corrected chi connectivity index (χ3v) is 27.2. The van der Waals surface area contributed by atoms with Gasteiger partial charge in [0.15, 0.2) is 62.9 Å². The maximum Gasteiger partial charge on any atom is 0.460 e. The lowest BCUT2D eigenvalue weighted by molar-refractivity contribution is -0.458. The molecule has 76 heteroatoms. The van der Waals surface area contributed by atoms with Crippen molar-refractivity contribution in [2.45, 2.75) is 126 Å². The summed E-state index contributed by atoms with van der Waals surface area (Å²) in [6.45, 7) is -24.8. The minimum atomic E-state index is -8.96. The summed E-state index contributed by atoms with van der Waals surface area (Å²) >= 11 is 37.7. The molecule has 0 aliphatic carbocycles. The van der Waals surface area contributed by atoms with Crippen molar-refractivity contribution in [2.24, 2.45) is 0 Å². The number of hydrogen-bond acceptors (Lipinski definition) is 0. The molecule has 0 bridgehead atoms. The summed E-state index contributed by atoms with van der Waals surface area (Å²) < 4.78 is 808. The first-order chi connectivity index (χ1) is 50.2. The van der Waals surface area contributed by atoms with Gasteiger partial charge in [0.1, 0.15) is 0 Å². The lowest BCUT2D eigenvalue weighted by atomic mass is 9.91. The van der Waals surface area contributed by atoms with Crippen molar-refractivity contribution in [3.63, 3.8) is 0 Å². The Morgan fingerprint density at radius 1 is 0.248 bits per heavy atom. The van der Waals surface area contributed by atoms with Crippen LogP contribution in [0.4, 0.5) is 281 Å². The van der Waals surface area contributed by atoms with Crippen LogP contribution in [-0.4, -0.2) is 146 Å². The van der Waals surface area contributed by atoms with Crippen LogP contribution in [-0.2, 0) is 0 Å². The van der Waals surface area contributed by atoms with E-state index in [0.29, 0.717) is 0 Å². The molecule has 0 radical (unpaired) electrons. The van der Waals surface area contributed by atoms with Gasteiger partial charge in [-0.15, -0.1) is 88.6 Å². The smallest absolute Gasteiger partial charge is 0.208 e. The molecule has 0 unspecified atom stereocenters. The van der Waals surface area contributed by atoms with Gasteiger partial charge in [-0.3, -0.25) is 0 Å². The highest BCUT2D eigenvalue weighted by molar-refractivity contribution is 7.56. The number of benzene rings is 2. The third-order valence-electron chi connectivity index (χ3n) is 12.2. The fourth-order valence-corrected chi connectivity index (χ4v) is 14.9. The van der Waals surface area contributed by atoms with Crippen LogP contribution in [0.15, 0.2) is 40.7 Å². The summed E-state index contributed by atoms with van der Waals surface area (Å²) in [6.07, 6.45) is -41.9. The number of alkyl halides is 43. The highest BCUT2D eigenvalue weighted by Gasteiger charge is 2.98. The van der Waals surface area contributed by atoms with Crippen LogP contribution in [0.5, 0.6) is 0 Å². The third kappa shape index (κ3) is 19.8. The fourth-order valence-electron chi connectivity index (χ4n) is 5.92. The summed E-state index contributed by atoms with van der Waals surface area (Å²) in [6, 6.07) is 0. The molecule has 2 aromatic rings. The monoisotopic (exact) mass is 2100 g/mol. The van der Waals surface area contributed by atoms with Crippen LogP contribution in [0.3, 0.4) is 0 Å². The Hall–Kier alpha value is -3.89. The van der Waals surface area contributed by atoms with Crippen LogP contribution in [0.25, 0.3) is 5.83 Å². The first-order valence-electron chi connectivity index (χ1n) is 24.5.